The third kappa shape index (κ3) is 4.54. The fourth-order valence-electron chi connectivity index (χ4n) is 4.22. The van der Waals surface area contributed by atoms with Gasteiger partial charge in [0.2, 0.25) is 5.91 Å². The van der Waals surface area contributed by atoms with Gasteiger partial charge in [-0.05, 0) is 60.2 Å². The maximum Gasteiger partial charge on any atom is 0.356 e. The zero-order valence-electron chi connectivity index (χ0n) is 16.4. The quantitative estimate of drug-likeness (QED) is 0.611. The highest BCUT2D eigenvalue weighted by Gasteiger charge is 2.32. The molecule has 3 N–H and O–H groups in total. The number of benzene rings is 2. The lowest BCUT2D eigenvalue weighted by atomic mass is 9.82. The lowest BCUT2D eigenvalue weighted by molar-refractivity contribution is -0.115. The molecule has 2 aromatic carbocycles. The Morgan fingerprint density at radius 3 is 2.40 bits per heavy atom. The summed E-state index contributed by atoms with van der Waals surface area (Å²) in [4.78, 5) is 43.9. The van der Waals surface area contributed by atoms with Crippen molar-refractivity contribution in [2.75, 3.05) is 11.1 Å². The standard InChI is InChI=1S/C22H24NO5PS/c24-20-13-30-21(22(25)23-16-7-9-17(10-8-16)29(26,27)28)18-11-6-15(12-19(18)20)14-4-2-1-3-5-14/h6-12,14,21H,1-5,13H2,(H,23,25)(H2,26,27,28). The second-order valence-corrected chi connectivity index (χ2v) is 10.6. The second kappa shape index (κ2) is 8.67. The van der Waals surface area contributed by atoms with E-state index in [0.717, 1.165) is 18.4 Å². The van der Waals surface area contributed by atoms with Gasteiger partial charge in [-0.1, -0.05) is 31.4 Å². The number of amides is 1. The number of thioether (sulfide) groups is 1. The van der Waals surface area contributed by atoms with E-state index in [9.17, 15) is 23.9 Å². The molecule has 1 aliphatic carbocycles. The summed E-state index contributed by atoms with van der Waals surface area (Å²) < 4.78 is 11.3. The van der Waals surface area contributed by atoms with E-state index in [0.29, 0.717) is 17.2 Å². The molecule has 0 radical (unpaired) electrons. The first kappa shape index (κ1) is 21.3. The molecular weight excluding hydrogens is 421 g/mol. The lowest BCUT2D eigenvalue weighted by Crippen LogP contribution is -2.26. The first-order chi connectivity index (χ1) is 14.3. The molecular formula is C22H24NO5PS. The van der Waals surface area contributed by atoms with Crippen molar-refractivity contribution in [1.82, 2.24) is 0 Å². The lowest BCUT2D eigenvalue weighted by Gasteiger charge is -2.27. The molecule has 1 saturated carbocycles. The molecule has 0 bridgehead atoms. The van der Waals surface area contributed by atoms with Crippen molar-refractivity contribution >= 4 is 42.0 Å². The summed E-state index contributed by atoms with van der Waals surface area (Å²) in [6.07, 6.45) is 6.01. The minimum Gasteiger partial charge on any atom is -0.325 e. The summed E-state index contributed by atoms with van der Waals surface area (Å²) in [6, 6.07) is 11.5. The Hall–Kier alpha value is -1.92. The molecule has 4 rings (SSSR count). The van der Waals surface area contributed by atoms with Crippen LogP contribution in [0.25, 0.3) is 0 Å². The van der Waals surface area contributed by atoms with Gasteiger partial charge in [-0.3, -0.25) is 14.2 Å². The van der Waals surface area contributed by atoms with Crippen LogP contribution in [-0.2, 0) is 9.36 Å². The van der Waals surface area contributed by atoms with E-state index >= 15 is 0 Å². The summed E-state index contributed by atoms with van der Waals surface area (Å²) in [6.45, 7) is 0. The fourth-order valence-corrected chi connectivity index (χ4v) is 5.83. The minimum atomic E-state index is -4.32. The Bertz CT molecular complexity index is 1010. The van der Waals surface area contributed by atoms with Gasteiger partial charge in [0, 0.05) is 11.3 Å². The summed E-state index contributed by atoms with van der Waals surface area (Å²) in [5.74, 6) is 0.563. The van der Waals surface area contributed by atoms with Crippen LogP contribution in [0.5, 0.6) is 0 Å². The molecule has 158 valence electrons. The van der Waals surface area contributed by atoms with Gasteiger partial charge < -0.3 is 15.1 Å². The number of rotatable bonds is 4. The highest BCUT2D eigenvalue weighted by Crippen LogP contribution is 2.41. The Labute approximate surface area is 179 Å². The third-order valence-corrected chi connectivity index (χ3v) is 8.03. The number of ketones is 1. The van der Waals surface area contributed by atoms with Crippen LogP contribution in [0.3, 0.4) is 0 Å². The van der Waals surface area contributed by atoms with Gasteiger partial charge >= 0.3 is 7.60 Å². The number of Topliss-reactive ketones (excluding diaryl/α,β-unsaturated/α-hetero) is 1. The van der Waals surface area contributed by atoms with Gasteiger partial charge in [-0.2, -0.15) is 0 Å². The normalized spacial score (nSPS) is 19.9. The average Bonchev–Trinajstić information content (AvgIpc) is 2.74. The first-order valence-corrected chi connectivity index (χ1v) is 12.7. The summed E-state index contributed by atoms with van der Waals surface area (Å²) in [7, 11) is -4.32. The van der Waals surface area contributed by atoms with Crippen LogP contribution >= 0.6 is 19.4 Å². The molecule has 2 aromatic rings. The van der Waals surface area contributed by atoms with Crippen LogP contribution in [0.2, 0.25) is 0 Å². The molecule has 8 heteroatoms. The number of nitrogens with one attached hydrogen (secondary N) is 1. The van der Waals surface area contributed by atoms with Crippen LogP contribution in [0.4, 0.5) is 5.69 Å². The highest BCUT2D eigenvalue weighted by atomic mass is 32.2. The van der Waals surface area contributed by atoms with Gasteiger partial charge in [0.25, 0.3) is 0 Å². The first-order valence-electron chi connectivity index (χ1n) is 10.1. The zero-order chi connectivity index (χ0) is 21.3. The van der Waals surface area contributed by atoms with Crippen molar-refractivity contribution in [1.29, 1.82) is 0 Å². The van der Waals surface area contributed by atoms with E-state index in [-0.39, 0.29) is 22.7 Å². The van der Waals surface area contributed by atoms with Crippen molar-refractivity contribution in [2.45, 2.75) is 43.3 Å². The smallest absolute Gasteiger partial charge is 0.325 e. The third-order valence-electron chi connectivity index (χ3n) is 5.83. The molecule has 1 heterocycles. The molecule has 0 saturated heterocycles. The van der Waals surface area contributed by atoms with E-state index in [2.05, 4.69) is 11.4 Å². The van der Waals surface area contributed by atoms with Crippen LogP contribution < -0.4 is 10.6 Å². The van der Waals surface area contributed by atoms with E-state index in [1.807, 2.05) is 12.1 Å². The maximum absolute atomic E-state index is 12.9. The molecule has 2 aliphatic rings. The molecule has 1 atom stereocenters. The number of anilines is 1. The number of fused-ring (bicyclic) bond motifs is 1. The van der Waals surface area contributed by atoms with Gasteiger partial charge in [0.05, 0.1) is 11.1 Å². The fraction of sp³-hybridized carbons (Fsp3) is 0.364. The topological polar surface area (TPSA) is 104 Å². The highest BCUT2D eigenvalue weighted by molar-refractivity contribution is 8.01. The predicted octanol–water partition coefficient (Wildman–Crippen LogP) is 4.15. The predicted molar refractivity (Wildman–Crippen MR) is 119 cm³/mol. The Balaban J connectivity index is 1.54. The SMILES string of the molecule is O=C1CSC(C(=O)Nc2ccc(P(=O)(O)O)cc2)c2ccc(C3CCCCC3)cc21. The van der Waals surface area contributed by atoms with Crippen molar-refractivity contribution in [3.8, 4) is 0 Å². The molecule has 30 heavy (non-hydrogen) atoms. The molecule has 1 unspecified atom stereocenters. The monoisotopic (exact) mass is 445 g/mol. The van der Waals surface area contributed by atoms with Gasteiger partial charge in [-0.25, -0.2) is 0 Å². The van der Waals surface area contributed by atoms with Gasteiger partial charge in [-0.15, -0.1) is 11.8 Å². The average molecular weight is 445 g/mol. The molecule has 0 spiro atoms. The number of carbonyl (C=O) groups excluding carboxylic acids is 2. The van der Waals surface area contributed by atoms with Gasteiger partial charge in [0.1, 0.15) is 5.25 Å². The molecule has 1 aliphatic heterocycles. The van der Waals surface area contributed by atoms with Crippen molar-refractivity contribution in [2.24, 2.45) is 0 Å². The molecule has 1 fully saturated rings. The van der Waals surface area contributed by atoms with Crippen LogP contribution in [-0.4, -0.2) is 27.2 Å². The Morgan fingerprint density at radius 1 is 1.03 bits per heavy atom. The van der Waals surface area contributed by atoms with E-state index in [1.54, 1.807) is 0 Å². The molecule has 6 nitrogen and oxygen atoms in total. The summed E-state index contributed by atoms with van der Waals surface area (Å²) >= 11 is 1.30. The number of hydrogen-bond donors (Lipinski definition) is 3. The van der Waals surface area contributed by atoms with E-state index in [4.69, 9.17) is 0 Å². The maximum atomic E-state index is 12.9. The number of carbonyl (C=O) groups is 2. The van der Waals surface area contributed by atoms with Crippen molar-refractivity contribution in [3.63, 3.8) is 0 Å². The summed E-state index contributed by atoms with van der Waals surface area (Å²) in [5.41, 5.74) is 3.03. The zero-order valence-corrected chi connectivity index (χ0v) is 18.1. The van der Waals surface area contributed by atoms with Crippen LogP contribution in [0.1, 0.15) is 64.8 Å². The van der Waals surface area contributed by atoms with E-state index < -0.39 is 12.8 Å². The molecule has 1 amide bonds. The second-order valence-electron chi connectivity index (χ2n) is 7.88. The largest absolute Gasteiger partial charge is 0.356 e. The minimum absolute atomic E-state index is 0.0581. The van der Waals surface area contributed by atoms with E-state index in [1.165, 1.54) is 60.9 Å². The molecule has 0 aromatic heterocycles. The van der Waals surface area contributed by atoms with Crippen molar-refractivity contribution < 1.29 is 23.9 Å². The summed E-state index contributed by atoms with van der Waals surface area (Å²) in [5, 5.41) is 2.20. The van der Waals surface area contributed by atoms with Crippen LogP contribution in [0.15, 0.2) is 42.5 Å². The van der Waals surface area contributed by atoms with Crippen molar-refractivity contribution in [3.05, 3.63) is 59.2 Å². The van der Waals surface area contributed by atoms with Gasteiger partial charge in [0.15, 0.2) is 5.78 Å². The van der Waals surface area contributed by atoms with Crippen LogP contribution in [0, 0.1) is 0 Å². The Morgan fingerprint density at radius 2 is 1.73 bits per heavy atom. The number of hydrogen-bond acceptors (Lipinski definition) is 4. The Kier molecular flexibility index (Phi) is 6.16.